The molecule has 0 aliphatic carbocycles. The number of rotatable bonds is 2. The summed E-state index contributed by atoms with van der Waals surface area (Å²) in [6.07, 6.45) is 0. The minimum absolute atomic E-state index is 0.200. The molecule has 0 aromatic heterocycles. The molecule has 0 saturated heterocycles. The van der Waals surface area contributed by atoms with E-state index in [0.29, 0.717) is 0 Å². The van der Waals surface area contributed by atoms with Crippen molar-refractivity contribution in [3.8, 4) is 0 Å². The molecule has 2 aromatic carbocycles. The van der Waals surface area contributed by atoms with Gasteiger partial charge in [0.25, 0.3) is 0 Å². The molecule has 5 heteroatoms. The van der Waals surface area contributed by atoms with Crippen molar-refractivity contribution in [3.05, 3.63) is 68.4 Å². The molecular weight excluding hydrogens is 331 g/mol. The zero-order valence-electron chi connectivity index (χ0n) is 11.0. The highest BCUT2D eigenvalue weighted by Gasteiger charge is 2.18. The lowest BCUT2D eigenvalue weighted by molar-refractivity contribution is 0.444. The van der Waals surface area contributed by atoms with Gasteiger partial charge in [0.05, 0.1) is 6.04 Å². The first-order chi connectivity index (χ1) is 9.31. The van der Waals surface area contributed by atoms with E-state index in [1.54, 1.807) is 0 Å². The molecule has 0 amide bonds. The van der Waals surface area contributed by atoms with E-state index >= 15 is 0 Å². The summed E-state index contributed by atoms with van der Waals surface area (Å²) in [5.74, 6) is -3.95. The number of benzene rings is 2. The lowest BCUT2D eigenvalue weighted by Crippen LogP contribution is -2.15. The van der Waals surface area contributed by atoms with Crippen molar-refractivity contribution < 1.29 is 13.2 Å². The second-order valence-electron chi connectivity index (χ2n) is 4.73. The molecule has 2 N–H and O–H groups in total. The minimum atomic E-state index is -1.48. The molecule has 2 rings (SSSR count). The van der Waals surface area contributed by atoms with Crippen LogP contribution in [0.25, 0.3) is 0 Å². The summed E-state index contributed by atoms with van der Waals surface area (Å²) < 4.78 is 40.5. The van der Waals surface area contributed by atoms with Gasteiger partial charge in [0.2, 0.25) is 0 Å². The van der Waals surface area contributed by atoms with E-state index < -0.39 is 23.5 Å². The van der Waals surface area contributed by atoms with Crippen LogP contribution < -0.4 is 5.73 Å². The standard InChI is InChI=1S/C15H13BrF3N/c1-7-4-11(16)8(2)3-10(7)15(20)9-5-12(17)14(19)13(18)6-9/h3-6,15H,20H2,1-2H3. The van der Waals surface area contributed by atoms with E-state index in [2.05, 4.69) is 15.9 Å². The predicted octanol–water partition coefficient (Wildman–Crippen LogP) is 4.53. The van der Waals surface area contributed by atoms with Gasteiger partial charge in [0.1, 0.15) is 0 Å². The molecule has 0 radical (unpaired) electrons. The summed E-state index contributed by atoms with van der Waals surface area (Å²) in [5.41, 5.74) is 8.85. The van der Waals surface area contributed by atoms with Crippen molar-refractivity contribution in [2.75, 3.05) is 0 Å². The third kappa shape index (κ3) is 2.74. The molecule has 106 valence electrons. The molecule has 20 heavy (non-hydrogen) atoms. The van der Waals surface area contributed by atoms with Crippen LogP contribution >= 0.6 is 15.9 Å². The summed E-state index contributed by atoms with van der Waals surface area (Å²) in [7, 11) is 0. The number of hydrogen-bond acceptors (Lipinski definition) is 1. The Labute approximate surface area is 123 Å². The maximum absolute atomic E-state index is 13.3. The van der Waals surface area contributed by atoms with Crippen LogP contribution in [0.3, 0.4) is 0 Å². The number of halogens is 4. The van der Waals surface area contributed by atoms with Crippen molar-refractivity contribution in [2.45, 2.75) is 19.9 Å². The van der Waals surface area contributed by atoms with E-state index in [1.807, 2.05) is 26.0 Å². The third-order valence-electron chi connectivity index (χ3n) is 3.25. The fraction of sp³-hybridized carbons (Fsp3) is 0.200. The van der Waals surface area contributed by atoms with Gasteiger partial charge >= 0.3 is 0 Å². The first-order valence-electron chi connectivity index (χ1n) is 5.98. The molecule has 0 heterocycles. The van der Waals surface area contributed by atoms with Crippen molar-refractivity contribution in [1.82, 2.24) is 0 Å². The smallest absolute Gasteiger partial charge is 0.194 e. The number of aryl methyl sites for hydroxylation is 2. The third-order valence-corrected chi connectivity index (χ3v) is 4.10. The molecule has 2 aromatic rings. The summed E-state index contributed by atoms with van der Waals surface area (Å²) in [5, 5.41) is 0. The summed E-state index contributed by atoms with van der Waals surface area (Å²) in [4.78, 5) is 0. The van der Waals surface area contributed by atoms with Crippen LogP contribution in [0.2, 0.25) is 0 Å². The molecule has 1 nitrogen and oxygen atoms in total. The van der Waals surface area contributed by atoms with Gasteiger partial charge in [-0.25, -0.2) is 13.2 Å². The van der Waals surface area contributed by atoms with Crippen LogP contribution in [0.5, 0.6) is 0 Å². The lowest BCUT2D eigenvalue weighted by atomic mass is 9.94. The molecule has 0 fully saturated rings. The average Bonchev–Trinajstić information content (AvgIpc) is 2.38. The highest BCUT2D eigenvalue weighted by atomic mass is 79.9. The molecule has 0 spiro atoms. The number of hydrogen-bond donors (Lipinski definition) is 1. The Balaban J connectivity index is 2.51. The fourth-order valence-corrected chi connectivity index (χ4v) is 2.53. The topological polar surface area (TPSA) is 26.0 Å². The first kappa shape index (κ1) is 15.1. The Hall–Kier alpha value is -1.33. The van der Waals surface area contributed by atoms with Gasteiger partial charge in [0, 0.05) is 4.47 Å². The van der Waals surface area contributed by atoms with E-state index in [9.17, 15) is 13.2 Å². The normalized spacial score (nSPS) is 12.6. The van der Waals surface area contributed by atoms with Crippen molar-refractivity contribution in [1.29, 1.82) is 0 Å². The summed E-state index contributed by atoms with van der Waals surface area (Å²) in [6.45, 7) is 3.75. The van der Waals surface area contributed by atoms with Crippen molar-refractivity contribution in [2.24, 2.45) is 5.73 Å². The Bertz CT molecular complexity index is 647. The van der Waals surface area contributed by atoms with Gasteiger partial charge in [-0.05, 0) is 54.3 Å². The molecule has 0 aliphatic rings. The Morgan fingerprint density at radius 3 is 2.05 bits per heavy atom. The van der Waals surface area contributed by atoms with Crippen LogP contribution in [-0.4, -0.2) is 0 Å². The van der Waals surface area contributed by atoms with E-state index in [-0.39, 0.29) is 5.56 Å². The second kappa shape index (κ2) is 5.58. The van der Waals surface area contributed by atoms with E-state index in [1.165, 1.54) is 0 Å². The van der Waals surface area contributed by atoms with Gasteiger partial charge in [-0.1, -0.05) is 22.0 Å². The Morgan fingerprint density at radius 2 is 1.50 bits per heavy atom. The second-order valence-corrected chi connectivity index (χ2v) is 5.59. The zero-order valence-corrected chi connectivity index (χ0v) is 12.6. The van der Waals surface area contributed by atoms with Gasteiger partial charge in [0.15, 0.2) is 17.5 Å². The molecule has 0 bridgehead atoms. The Morgan fingerprint density at radius 1 is 0.950 bits per heavy atom. The van der Waals surface area contributed by atoms with Gasteiger partial charge < -0.3 is 5.73 Å². The van der Waals surface area contributed by atoms with Crippen molar-refractivity contribution in [3.63, 3.8) is 0 Å². The summed E-state index contributed by atoms with van der Waals surface area (Å²) in [6, 6.07) is 4.88. The lowest BCUT2D eigenvalue weighted by Gasteiger charge is -2.17. The fourth-order valence-electron chi connectivity index (χ4n) is 2.07. The quantitative estimate of drug-likeness (QED) is 0.796. The average molecular weight is 344 g/mol. The monoisotopic (exact) mass is 343 g/mol. The van der Waals surface area contributed by atoms with E-state index in [4.69, 9.17) is 5.73 Å². The first-order valence-corrected chi connectivity index (χ1v) is 6.77. The Kier molecular flexibility index (Phi) is 4.20. The molecule has 1 atom stereocenters. The maximum Gasteiger partial charge on any atom is 0.194 e. The van der Waals surface area contributed by atoms with Gasteiger partial charge in [-0.3, -0.25) is 0 Å². The highest BCUT2D eigenvalue weighted by molar-refractivity contribution is 9.10. The van der Waals surface area contributed by atoms with Crippen LogP contribution in [-0.2, 0) is 0 Å². The van der Waals surface area contributed by atoms with E-state index in [0.717, 1.165) is 33.3 Å². The summed E-state index contributed by atoms with van der Waals surface area (Å²) >= 11 is 3.41. The molecule has 1 unspecified atom stereocenters. The van der Waals surface area contributed by atoms with Crippen LogP contribution in [0.15, 0.2) is 28.7 Å². The highest BCUT2D eigenvalue weighted by Crippen LogP contribution is 2.29. The molecular formula is C15H13BrF3N. The van der Waals surface area contributed by atoms with Gasteiger partial charge in [-0.15, -0.1) is 0 Å². The zero-order chi connectivity index (χ0) is 15.0. The van der Waals surface area contributed by atoms with Crippen molar-refractivity contribution >= 4 is 15.9 Å². The maximum atomic E-state index is 13.3. The van der Waals surface area contributed by atoms with Gasteiger partial charge in [-0.2, -0.15) is 0 Å². The number of nitrogens with two attached hydrogens (primary N) is 1. The largest absolute Gasteiger partial charge is 0.320 e. The molecule has 0 saturated carbocycles. The predicted molar refractivity (Wildman–Crippen MR) is 76.0 cm³/mol. The van der Waals surface area contributed by atoms with Crippen LogP contribution in [0, 0.1) is 31.3 Å². The SMILES string of the molecule is Cc1cc(C(N)c2cc(F)c(F)c(F)c2)c(C)cc1Br. The molecule has 0 aliphatic heterocycles. The van der Waals surface area contributed by atoms with Crippen LogP contribution in [0.4, 0.5) is 13.2 Å². The van der Waals surface area contributed by atoms with Crippen LogP contribution in [0.1, 0.15) is 28.3 Å². The minimum Gasteiger partial charge on any atom is -0.320 e.